The van der Waals surface area contributed by atoms with Crippen molar-refractivity contribution in [2.75, 3.05) is 26.2 Å². The molecule has 0 bridgehead atoms. The van der Waals surface area contributed by atoms with E-state index in [4.69, 9.17) is 0 Å². The van der Waals surface area contributed by atoms with Crippen molar-refractivity contribution >= 4 is 15.9 Å². The van der Waals surface area contributed by atoms with Gasteiger partial charge in [-0.25, -0.2) is 12.8 Å². The Morgan fingerprint density at radius 2 is 1.50 bits per heavy atom. The third kappa shape index (κ3) is 5.54. The Morgan fingerprint density at radius 1 is 0.906 bits per heavy atom. The molecule has 8 heteroatoms. The standard InChI is InChI=1S/C24H30FN3O3S/c25-22-7-9-23(10-8-22)32(30,31)28-15-11-21(12-16-28)24(29)26-17-19-3-5-20(6-4-19)18-27-13-1-2-14-27/h3-10,21H,1-2,11-18H2,(H,26,29). The molecule has 2 aromatic carbocycles. The Balaban J connectivity index is 1.24. The van der Waals surface area contributed by atoms with E-state index in [9.17, 15) is 17.6 Å². The summed E-state index contributed by atoms with van der Waals surface area (Å²) in [6.45, 7) is 4.35. The van der Waals surface area contributed by atoms with E-state index in [-0.39, 0.29) is 29.8 Å². The average molecular weight is 460 g/mol. The number of carbonyl (C=O) groups is 1. The second-order valence-electron chi connectivity index (χ2n) is 8.65. The summed E-state index contributed by atoms with van der Waals surface area (Å²) in [6.07, 6.45) is 3.50. The number of hydrogen-bond donors (Lipinski definition) is 1. The zero-order chi connectivity index (χ0) is 22.6. The number of sulfonamides is 1. The van der Waals surface area contributed by atoms with E-state index in [0.29, 0.717) is 19.4 Å². The van der Waals surface area contributed by atoms with Crippen molar-refractivity contribution in [3.05, 3.63) is 65.5 Å². The molecule has 2 aliphatic rings. The molecule has 0 atom stereocenters. The number of amides is 1. The van der Waals surface area contributed by atoms with Gasteiger partial charge in [0, 0.05) is 32.1 Å². The minimum absolute atomic E-state index is 0.0371. The van der Waals surface area contributed by atoms with E-state index < -0.39 is 15.8 Å². The summed E-state index contributed by atoms with van der Waals surface area (Å²) in [6, 6.07) is 13.2. The van der Waals surface area contributed by atoms with Crippen molar-refractivity contribution in [3.63, 3.8) is 0 Å². The monoisotopic (exact) mass is 459 g/mol. The fourth-order valence-corrected chi connectivity index (χ4v) is 5.88. The lowest BCUT2D eigenvalue weighted by Crippen LogP contribution is -2.42. The van der Waals surface area contributed by atoms with Crippen LogP contribution < -0.4 is 5.32 Å². The molecule has 6 nitrogen and oxygen atoms in total. The molecule has 1 N–H and O–H groups in total. The zero-order valence-electron chi connectivity index (χ0n) is 18.2. The van der Waals surface area contributed by atoms with Gasteiger partial charge < -0.3 is 5.32 Å². The van der Waals surface area contributed by atoms with Crippen LogP contribution in [0.5, 0.6) is 0 Å². The van der Waals surface area contributed by atoms with E-state index in [2.05, 4.69) is 34.5 Å². The molecule has 4 rings (SSSR count). The summed E-state index contributed by atoms with van der Waals surface area (Å²) in [5.74, 6) is -0.713. The Morgan fingerprint density at radius 3 is 2.12 bits per heavy atom. The number of nitrogens with one attached hydrogen (secondary N) is 1. The van der Waals surface area contributed by atoms with Crippen molar-refractivity contribution < 1.29 is 17.6 Å². The largest absolute Gasteiger partial charge is 0.352 e. The molecular weight excluding hydrogens is 429 g/mol. The van der Waals surface area contributed by atoms with Gasteiger partial charge in [-0.2, -0.15) is 4.31 Å². The second-order valence-corrected chi connectivity index (χ2v) is 10.6. The van der Waals surface area contributed by atoms with E-state index in [1.54, 1.807) is 0 Å². The van der Waals surface area contributed by atoms with Crippen molar-refractivity contribution in [1.29, 1.82) is 0 Å². The van der Waals surface area contributed by atoms with Crippen LogP contribution in [-0.2, 0) is 27.9 Å². The Kier molecular flexibility index (Phi) is 7.23. The highest BCUT2D eigenvalue weighted by atomic mass is 32.2. The SMILES string of the molecule is O=C(NCc1ccc(CN2CCCC2)cc1)C1CCN(S(=O)(=O)c2ccc(F)cc2)CC1. The maximum Gasteiger partial charge on any atom is 0.243 e. The number of halogens is 1. The summed E-state index contributed by atoms with van der Waals surface area (Å²) < 4.78 is 39.9. The molecule has 2 heterocycles. The van der Waals surface area contributed by atoms with Crippen LogP contribution in [0, 0.1) is 11.7 Å². The average Bonchev–Trinajstić information content (AvgIpc) is 3.32. The smallest absolute Gasteiger partial charge is 0.243 e. The van der Waals surface area contributed by atoms with Crippen LogP contribution in [0.15, 0.2) is 53.4 Å². The zero-order valence-corrected chi connectivity index (χ0v) is 19.0. The molecule has 2 aromatic rings. The second kappa shape index (κ2) is 10.1. The van der Waals surface area contributed by atoms with Crippen molar-refractivity contribution in [2.24, 2.45) is 5.92 Å². The molecule has 0 spiro atoms. The number of carbonyl (C=O) groups excluding carboxylic acids is 1. The summed E-state index contributed by atoms with van der Waals surface area (Å²) in [5.41, 5.74) is 2.34. The summed E-state index contributed by atoms with van der Waals surface area (Å²) in [7, 11) is -3.66. The molecule has 2 saturated heterocycles. The van der Waals surface area contributed by atoms with E-state index in [1.165, 1.54) is 47.9 Å². The van der Waals surface area contributed by atoms with Gasteiger partial charge in [-0.3, -0.25) is 9.69 Å². The molecule has 172 valence electrons. The van der Waals surface area contributed by atoms with Gasteiger partial charge in [0.2, 0.25) is 15.9 Å². The van der Waals surface area contributed by atoms with Crippen molar-refractivity contribution in [1.82, 2.24) is 14.5 Å². The predicted molar refractivity (Wildman–Crippen MR) is 121 cm³/mol. The fraction of sp³-hybridized carbons (Fsp3) is 0.458. The lowest BCUT2D eigenvalue weighted by atomic mass is 9.97. The number of rotatable bonds is 7. The van der Waals surface area contributed by atoms with Crippen LogP contribution in [0.25, 0.3) is 0 Å². The van der Waals surface area contributed by atoms with Gasteiger partial charge in [0.05, 0.1) is 4.90 Å². The van der Waals surface area contributed by atoms with Crippen LogP contribution in [0.2, 0.25) is 0 Å². The quantitative estimate of drug-likeness (QED) is 0.691. The first kappa shape index (κ1) is 22.9. The molecule has 0 aliphatic carbocycles. The highest BCUT2D eigenvalue weighted by Gasteiger charge is 2.32. The van der Waals surface area contributed by atoms with Crippen molar-refractivity contribution in [3.8, 4) is 0 Å². The predicted octanol–water partition coefficient (Wildman–Crippen LogP) is 3.14. The highest BCUT2D eigenvalue weighted by Crippen LogP contribution is 2.24. The van der Waals surface area contributed by atoms with Crippen LogP contribution in [0.1, 0.15) is 36.8 Å². The van der Waals surface area contributed by atoms with Gasteiger partial charge in [0.1, 0.15) is 5.82 Å². The van der Waals surface area contributed by atoms with Gasteiger partial charge >= 0.3 is 0 Å². The van der Waals surface area contributed by atoms with Crippen LogP contribution >= 0.6 is 0 Å². The minimum atomic E-state index is -3.66. The van der Waals surface area contributed by atoms with Crippen molar-refractivity contribution in [2.45, 2.75) is 43.7 Å². The van der Waals surface area contributed by atoms with E-state index in [0.717, 1.165) is 24.2 Å². The van der Waals surface area contributed by atoms with Gasteiger partial charge in [-0.05, 0) is 74.2 Å². The van der Waals surface area contributed by atoms with Gasteiger partial charge in [-0.15, -0.1) is 0 Å². The molecule has 32 heavy (non-hydrogen) atoms. The maximum atomic E-state index is 13.1. The molecule has 0 unspecified atom stereocenters. The molecule has 1 amide bonds. The molecule has 2 fully saturated rings. The highest BCUT2D eigenvalue weighted by molar-refractivity contribution is 7.89. The first-order valence-electron chi connectivity index (χ1n) is 11.3. The first-order valence-corrected chi connectivity index (χ1v) is 12.7. The van der Waals surface area contributed by atoms with Crippen LogP contribution in [-0.4, -0.2) is 49.7 Å². The molecule has 2 aliphatic heterocycles. The lowest BCUT2D eigenvalue weighted by Gasteiger charge is -2.30. The Labute approximate surface area is 189 Å². The van der Waals surface area contributed by atoms with Gasteiger partial charge in [0.15, 0.2) is 0 Å². The molecule has 0 aromatic heterocycles. The summed E-state index contributed by atoms with van der Waals surface area (Å²) in [4.78, 5) is 15.1. The fourth-order valence-electron chi connectivity index (χ4n) is 4.41. The number of nitrogens with zero attached hydrogens (tertiary/aromatic N) is 2. The normalized spacial score (nSPS) is 18.7. The minimum Gasteiger partial charge on any atom is -0.352 e. The van der Waals surface area contributed by atoms with E-state index in [1.807, 2.05) is 0 Å². The maximum absolute atomic E-state index is 13.1. The summed E-state index contributed by atoms with van der Waals surface area (Å²) in [5, 5.41) is 2.99. The topological polar surface area (TPSA) is 69.7 Å². The Hall–Kier alpha value is -2.29. The number of benzene rings is 2. The Bertz CT molecular complexity index is 1010. The lowest BCUT2D eigenvalue weighted by molar-refractivity contribution is -0.126. The van der Waals surface area contributed by atoms with Gasteiger partial charge in [0.25, 0.3) is 0 Å². The molecule has 0 saturated carbocycles. The van der Waals surface area contributed by atoms with Crippen LogP contribution in [0.3, 0.4) is 0 Å². The third-order valence-electron chi connectivity index (χ3n) is 6.37. The molecule has 0 radical (unpaired) electrons. The number of hydrogen-bond acceptors (Lipinski definition) is 4. The third-order valence-corrected chi connectivity index (χ3v) is 8.28. The number of piperidine rings is 1. The summed E-state index contributed by atoms with van der Waals surface area (Å²) >= 11 is 0. The van der Waals surface area contributed by atoms with E-state index >= 15 is 0 Å². The number of likely N-dealkylation sites (tertiary alicyclic amines) is 1. The first-order chi connectivity index (χ1) is 15.4. The molecular formula is C24H30FN3O3S. The van der Waals surface area contributed by atoms with Crippen LogP contribution in [0.4, 0.5) is 4.39 Å². The van der Waals surface area contributed by atoms with Gasteiger partial charge in [-0.1, -0.05) is 24.3 Å².